The summed E-state index contributed by atoms with van der Waals surface area (Å²) in [6.45, 7) is 4.57. The topological polar surface area (TPSA) is 70.4 Å². The third-order valence-electron chi connectivity index (χ3n) is 5.03. The maximum absolute atomic E-state index is 13.1. The first-order valence-electron chi connectivity index (χ1n) is 9.92. The van der Waals surface area contributed by atoms with Crippen LogP contribution in [0.5, 0.6) is 5.75 Å². The quantitative estimate of drug-likeness (QED) is 0.319. The van der Waals surface area contributed by atoms with E-state index in [-0.39, 0.29) is 18.8 Å². The Kier molecular flexibility index (Phi) is 6.13. The Balaban J connectivity index is 1.49. The second-order valence-electron chi connectivity index (χ2n) is 7.14. The predicted molar refractivity (Wildman–Crippen MR) is 121 cm³/mol. The predicted octanol–water partition coefficient (Wildman–Crippen LogP) is 4.36. The molecule has 2 aromatic heterocycles. The van der Waals surface area contributed by atoms with Crippen LogP contribution in [-0.2, 0) is 11.3 Å². The molecule has 7 heteroatoms. The molecule has 4 rings (SSSR count). The minimum absolute atomic E-state index is 0.117. The van der Waals surface area contributed by atoms with Crippen molar-refractivity contribution in [3.8, 4) is 5.75 Å². The number of esters is 1. The zero-order valence-electron chi connectivity index (χ0n) is 17.3. The number of carbonyl (C=O) groups is 1. The summed E-state index contributed by atoms with van der Waals surface area (Å²) in [5, 5.41) is 0.466. The van der Waals surface area contributed by atoms with Crippen LogP contribution < -0.4 is 10.3 Å². The molecule has 31 heavy (non-hydrogen) atoms. The smallest absolute Gasteiger partial charge is 0.348 e. The molecule has 0 unspecified atom stereocenters. The minimum Gasteiger partial charge on any atom is -0.490 e. The molecule has 0 bridgehead atoms. The SMILES string of the molecule is Cc1ccccc1Cn1cnc2sc(C(=O)OCCOc3ccccc3)c(C)c2c1=O. The summed E-state index contributed by atoms with van der Waals surface area (Å²) in [7, 11) is 0. The lowest BCUT2D eigenvalue weighted by molar-refractivity contribution is 0.0455. The van der Waals surface area contributed by atoms with E-state index in [1.807, 2.05) is 61.5 Å². The Labute approximate surface area is 183 Å². The molecule has 0 amide bonds. The van der Waals surface area contributed by atoms with Crippen LogP contribution in [0, 0.1) is 13.8 Å². The fourth-order valence-corrected chi connectivity index (χ4v) is 4.35. The van der Waals surface area contributed by atoms with Crippen LogP contribution in [0.1, 0.15) is 26.4 Å². The lowest BCUT2D eigenvalue weighted by Crippen LogP contribution is -2.21. The second kappa shape index (κ2) is 9.14. The number of ether oxygens (including phenoxy) is 2. The lowest BCUT2D eigenvalue weighted by atomic mass is 10.1. The Bertz CT molecular complexity index is 1280. The van der Waals surface area contributed by atoms with Gasteiger partial charge in [0.25, 0.3) is 5.56 Å². The van der Waals surface area contributed by atoms with Gasteiger partial charge in [-0.05, 0) is 42.7 Å². The summed E-state index contributed by atoms with van der Waals surface area (Å²) in [5.41, 5.74) is 2.61. The highest BCUT2D eigenvalue weighted by molar-refractivity contribution is 7.20. The van der Waals surface area contributed by atoms with Crippen LogP contribution in [0.25, 0.3) is 10.2 Å². The average molecular weight is 435 g/mol. The molecule has 2 aromatic carbocycles. The molecule has 2 heterocycles. The molecule has 0 spiro atoms. The van der Waals surface area contributed by atoms with E-state index in [0.29, 0.717) is 27.2 Å². The molecular weight excluding hydrogens is 412 g/mol. The standard InChI is InChI=1S/C24H22N2O4S/c1-16-8-6-7-9-18(16)14-26-15-25-22-20(23(26)27)17(2)21(31-22)24(28)30-13-12-29-19-10-4-3-5-11-19/h3-11,15H,12-14H2,1-2H3. The summed E-state index contributed by atoms with van der Waals surface area (Å²) in [4.78, 5) is 31.0. The van der Waals surface area contributed by atoms with Crippen molar-refractivity contribution < 1.29 is 14.3 Å². The maximum atomic E-state index is 13.1. The third-order valence-corrected chi connectivity index (χ3v) is 6.21. The number of thiophene rings is 1. The van der Waals surface area contributed by atoms with Gasteiger partial charge in [-0.3, -0.25) is 9.36 Å². The van der Waals surface area contributed by atoms with Gasteiger partial charge < -0.3 is 9.47 Å². The van der Waals surface area contributed by atoms with Gasteiger partial charge in [0.1, 0.15) is 28.7 Å². The van der Waals surface area contributed by atoms with Gasteiger partial charge in [-0.15, -0.1) is 11.3 Å². The molecule has 0 saturated heterocycles. The highest BCUT2D eigenvalue weighted by atomic mass is 32.1. The highest BCUT2D eigenvalue weighted by Crippen LogP contribution is 2.27. The number of hydrogen-bond acceptors (Lipinski definition) is 6. The number of para-hydroxylation sites is 1. The van der Waals surface area contributed by atoms with Crippen molar-refractivity contribution in [2.75, 3.05) is 13.2 Å². The van der Waals surface area contributed by atoms with E-state index in [4.69, 9.17) is 9.47 Å². The summed E-state index contributed by atoms with van der Waals surface area (Å²) in [6, 6.07) is 17.3. The van der Waals surface area contributed by atoms with Gasteiger partial charge >= 0.3 is 5.97 Å². The molecule has 0 aliphatic rings. The Morgan fingerprint density at radius 1 is 1.03 bits per heavy atom. The van der Waals surface area contributed by atoms with Gasteiger partial charge in [0.15, 0.2) is 0 Å². The molecule has 0 aliphatic heterocycles. The Morgan fingerprint density at radius 2 is 1.77 bits per heavy atom. The largest absolute Gasteiger partial charge is 0.490 e. The zero-order valence-corrected chi connectivity index (χ0v) is 18.1. The second-order valence-corrected chi connectivity index (χ2v) is 8.14. The van der Waals surface area contributed by atoms with Crippen LogP contribution in [-0.4, -0.2) is 28.7 Å². The normalized spacial score (nSPS) is 10.9. The molecule has 158 valence electrons. The molecule has 0 N–H and O–H groups in total. The maximum Gasteiger partial charge on any atom is 0.348 e. The summed E-state index contributed by atoms with van der Waals surface area (Å²) >= 11 is 1.18. The van der Waals surface area contributed by atoms with Crippen LogP contribution >= 0.6 is 11.3 Å². The minimum atomic E-state index is -0.470. The van der Waals surface area contributed by atoms with Gasteiger partial charge in [0.2, 0.25) is 0 Å². The molecule has 0 radical (unpaired) electrons. The molecule has 6 nitrogen and oxygen atoms in total. The average Bonchev–Trinajstić information content (AvgIpc) is 3.12. The van der Waals surface area contributed by atoms with E-state index in [9.17, 15) is 9.59 Å². The van der Waals surface area contributed by atoms with E-state index in [2.05, 4.69) is 4.98 Å². The molecule has 4 aromatic rings. The van der Waals surface area contributed by atoms with Gasteiger partial charge in [0.05, 0.1) is 18.3 Å². The number of fused-ring (bicyclic) bond motifs is 1. The first kappa shape index (κ1) is 20.8. The first-order valence-corrected chi connectivity index (χ1v) is 10.7. The van der Waals surface area contributed by atoms with Crippen LogP contribution in [0.4, 0.5) is 0 Å². The fourth-order valence-electron chi connectivity index (χ4n) is 3.31. The number of benzene rings is 2. The van der Waals surface area contributed by atoms with E-state index in [0.717, 1.165) is 16.9 Å². The molecular formula is C24H22N2O4S. The summed E-state index contributed by atoms with van der Waals surface area (Å²) in [6.07, 6.45) is 1.54. The summed E-state index contributed by atoms with van der Waals surface area (Å²) < 4.78 is 12.5. The van der Waals surface area contributed by atoms with Crippen molar-refractivity contribution >= 4 is 27.5 Å². The van der Waals surface area contributed by atoms with Crippen molar-refractivity contribution in [1.29, 1.82) is 0 Å². The van der Waals surface area contributed by atoms with Gasteiger partial charge in [-0.1, -0.05) is 42.5 Å². The zero-order chi connectivity index (χ0) is 21.8. The third kappa shape index (κ3) is 4.51. The van der Waals surface area contributed by atoms with Crippen molar-refractivity contribution in [2.45, 2.75) is 20.4 Å². The first-order chi connectivity index (χ1) is 15.0. The van der Waals surface area contributed by atoms with Crippen molar-refractivity contribution in [1.82, 2.24) is 9.55 Å². The number of aromatic nitrogens is 2. The van der Waals surface area contributed by atoms with Gasteiger partial charge in [0, 0.05) is 0 Å². The van der Waals surface area contributed by atoms with Gasteiger partial charge in [-0.25, -0.2) is 9.78 Å². The molecule has 0 atom stereocenters. The van der Waals surface area contributed by atoms with E-state index >= 15 is 0 Å². The van der Waals surface area contributed by atoms with E-state index in [1.165, 1.54) is 17.7 Å². The van der Waals surface area contributed by atoms with Crippen LogP contribution in [0.15, 0.2) is 65.7 Å². The number of aryl methyl sites for hydroxylation is 2. The van der Waals surface area contributed by atoms with Crippen LogP contribution in [0.2, 0.25) is 0 Å². The number of nitrogens with zero attached hydrogens (tertiary/aromatic N) is 2. The Morgan fingerprint density at radius 3 is 2.55 bits per heavy atom. The lowest BCUT2D eigenvalue weighted by Gasteiger charge is -2.08. The van der Waals surface area contributed by atoms with Crippen molar-refractivity contribution in [2.24, 2.45) is 0 Å². The van der Waals surface area contributed by atoms with Crippen molar-refractivity contribution in [3.05, 3.63) is 92.8 Å². The van der Waals surface area contributed by atoms with Gasteiger partial charge in [-0.2, -0.15) is 0 Å². The van der Waals surface area contributed by atoms with Crippen LogP contribution in [0.3, 0.4) is 0 Å². The summed E-state index contributed by atoms with van der Waals surface area (Å²) in [5.74, 6) is 0.247. The van der Waals surface area contributed by atoms with Crippen molar-refractivity contribution in [3.63, 3.8) is 0 Å². The molecule has 0 aliphatic carbocycles. The Hall–Kier alpha value is -3.45. The molecule has 0 saturated carbocycles. The fraction of sp³-hybridized carbons (Fsp3) is 0.208. The van der Waals surface area contributed by atoms with E-state index in [1.54, 1.807) is 11.5 Å². The number of rotatable bonds is 7. The molecule has 0 fully saturated rings. The highest BCUT2D eigenvalue weighted by Gasteiger charge is 2.20. The van der Waals surface area contributed by atoms with E-state index < -0.39 is 5.97 Å². The monoisotopic (exact) mass is 434 g/mol. The number of carbonyl (C=O) groups excluding carboxylic acids is 1. The number of hydrogen-bond donors (Lipinski definition) is 0.